The van der Waals surface area contributed by atoms with Crippen LogP contribution in [-0.2, 0) is 5.54 Å². The van der Waals surface area contributed by atoms with Gasteiger partial charge in [-0.15, -0.1) is 0 Å². The van der Waals surface area contributed by atoms with E-state index in [0.717, 1.165) is 17.1 Å². The van der Waals surface area contributed by atoms with Gasteiger partial charge in [-0.3, -0.25) is 0 Å². The van der Waals surface area contributed by atoms with E-state index in [4.69, 9.17) is 5.73 Å². The first-order valence-electron chi connectivity index (χ1n) is 5.82. The van der Waals surface area contributed by atoms with Crippen LogP contribution in [0.15, 0.2) is 24.5 Å². The molecule has 1 heterocycles. The van der Waals surface area contributed by atoms with Crippen molar-refractivity contribution >= 4 is 16.7 Å². The highest BCUT2D eigenvalue weighted by Crippen LogP contribution is 2.44. The van der Waals surface area contributed by atoms with Crippen LogP contribution < -0.4 is 5.73 Å². The van der Waals surface area contributed by atoms with Crippen molar-refractivity contribution in [2.45, 2.75) is 32.2 Å². The molecule has 1 saturated carbocycles. The summed E-state index contributed by atoms with van der Waals surface area (Å²) < 4.78 is 2.29. The summed E-state index contributed by atoms with van der Waals surface area (Å²) in [7, 11) is 0. The molecule has 1 aliphatic carbocycles. The number of nitrogens with two attached hydrogens (primary N) is 1. The predicted molar refractivity (Wildman–Crippen MR) is 66.2 cm³/mol. The number of imidazole rings is 1. The van der Waals surface area contributed by atoms with Crippen molar-refractivity contribution in [2.75, 3.05) is 5.73 Å². The lowest BCUT2D eigenvalue weighted by molar-refractivity contribution is 0.313. The second kappa shape index (κ2) is 3.00. The molecular weight excluding hydrogens is 198 g/mol. The third-order valence-electron chi connectivity index (χ3n) is 3.77. The monoisotopic (exact) mass is 215 g/mol. The molecule has 0 saturated heterocycles. The van der Waals surface area contributed by atoms with Gasteiger partial charge in [0.25, 0.3) is 0 Å². The third kappa shape index (κ3) is 1.31. The number of nitrogen functional groups attached to an aromatic ring is 1. The maximum atomic E-state index is 5.77. The van der Waals surface area contributed by atoms with E-state index >= 15 is 0 Å². The van der Waals surface area contributed by atoms with Gasteiger partial charge in [-0.05, 0) is 50.8 Å². The molecule has 0 unspecified atom stereocenters. The van der Waals surface area contributed by atoms with Crippen molar-refractivity contribution in [3.8, 4) is 0 Å². The molecule has 3 rings (SSSR count). The van der Waals surface area contributed by atoms with Gasteiger partial charge in [-0.25, -0.2) is 4.98 Å². The minimum Gasteiger partial charge on any atom is -0.399 e. The molecule has 3 heteroatoms. The molecule has 0 radical (unpaired) electrons. The first-order chi connectivity index (χ1) is 7.59. The van der Waals surface area contributed by atoms with Crippen LogP contribution in [0.2, 0.25) is 0 Å². The summed E-state index contributed by atoms with van der Waals surface area (Å²) in [5.41, 5.74) is 8.90. The lowest BCUT2D eigenvalue weighted by atomic mass is 9.98. The van der Waals surface area contributed by atoms with Crippen molar-refractivity contribution < 1.29 is 0 Å². The largest absolute Gasteiger partial charge is 0.399 e. The van der Waals surface area contributed by atoms with E-state index in [-0.39, 0.29) is 5.54 Å². The number of fused-ring (bicyclic) bond motifs is 1. The van der Waals surface area contributed by atoms with Crippen molar-refractivity contribution in [3.63, 3.8) is 0 Å². The highest BCUT2D eigenvalue weighted by atomic mass is 15.1. The summed E-state index contributed by atoms with van der Waals surface area (Å²) >= 11 is 0. The molecule has 16 heavy (non-hydrogen) atoms. The fourth-order valence-electron chi connectivity index (χ4n) is 2.48. The van der Waals surface area contributed by atoms with Gasteiger partial charge in [-0.2, -0.15) is 0 Å². The zero-order valence-corrected chi connectivity index (χ0v) is 9.77. The number of hydrogen-bond donors (Lipinski definition) is 1. The van der Waals surface area contributed by atoms with E-state index in [2.05, 4.69) is 29.5 Å². The maximum Gasteiger partial charge on any atom is 0.0963 e. The van der Waals surface area contributed by atoms with Crippen LogP contribution in [0.4, 0.5) is 5.69 Å². The van der Waals surface area contributed by atoms with Gasteiger partial charge < -0.3 is 10.3 Å². The lowest BCUT2D eigenvalue weighted by Gasteiger charge is -2.27. The van der Waals surface area contributed by atoms with Crippen LogP contribution in [0, 0.1) is 5.92 Å². The number of rotatable bonds is 2. The Bertz CT molecular complexity index is 535. The summed E-state index contributed by atoms with van der Waals surface area (Å²) in [6.07, 6.45) is 4.62. The number of anilines is 1. The van der Waals surface area contributed by atoms with Gasteiger partial charge in [-0.1, -0.05) is 0 Å². The molecule has 0 bridgehead atoms. The van der Waals surface area contributed by atoms with Crippen molar-refractivity contribution in [3.05, 3.63) is 24.5 Å². The lowest BCUT2D eigenvalue weighted by Crippen LogP contribution is -2.27. The summed E-state index contributed by atoms with van der Waals surface area (Å²) in [5.74, 6) is 0.794. The van der Waals surface area contributed by atoms with Crippen LogP contribution in [0.5, 0.6) is 0 Å². The number of hydrogen-bond acceptors (Lipinski definition) is 2. The number of aromatic nitrogens is 2. The maximum absolute atomic E-state index is 5.77. The Hall–Kier alpha value is -1.51. The molecule has 84 valence electrons. The highest BCUT2D eigenvalue weighted by molar-refractivity contribution is 5.79. The minimum atomic E-state index is 0.171. The fourth-order valence-corrected chi connectivity index (χ4v) is 2.48. The van der Waals surface area contributed by atoms with E-state index in [0.29, 0.717) is 0 Å². The third-order valence-corrected chi connectivity index (χ3v) is 3.77. The Balaban J connectivity index is 2.17. The van der Waals surface area contributed by atoms with Crippen LogP contribution in [0.25, 0.3) is 11.0 Å². The average molecular weight is 215 g/mol. The average Bonchev–Trinajstić information content (AvgIpc) is 2.99. The second-order valence-corrected chi connectivity index (χ2v) is 5.29. The van der Waals surface area contributed by atoms with Gasteiger partial charge >= 0.3 is 0 Å². The molecule has 0 aliphatic heterocycles. The zero-order valence-electron chi connectivity index (χ0n) is 9.77. The van der Waals surface area contributed by atoms with Crippen molar-refractivity contribution in [1.29, 1.82) is 0 Å². The van der Waals surface area contributed by atoms with Crippen LogP contribution in [0.3, 0.4) is 0 Å². The molecular formula is C13H17N3. The van der Waals surface area contributed by atoms with Crippen LogP contribution >= 0.6 is 0 Å². The van der Waals surface area contributed by atoms with Crippen LogP contribution in [-0.4, -0.2) is 9.55 Å². The van der Waals surface area contributed by atoms with Crippen LogP contribution in [0.1, 0.15) is 26.7 Å². The summed E-state index contributed by atoms with van der Waals surface area (Å²) in [6, 6.07) is 5.96. The Morgan fingerprint density at radius 1 is 1.38 bits per heavy atom. The molecule has 2 aromatic rings. The molecule has 1 aromatic heterocycles. The Kier molecular flexibility index (Phi) is 1.82. The van der Waals surface area contributed by atoms with Crippen molar-refractivity contribution in [1.82, 2.24) is 9.55 Å². The SMILES string of the molecule is CC(C)(C1CC1)n1cnc2cc(N)ccc21. The first-order valence-corrected chi connectivity index (χ1v) is 5.82. The quantitative estimate of drug-likeness (QED) is 0.783. The minimum absolute atomic E-state index is 0.171. The smallest absolute Gasteiger partial charge is 0.0963 e. The molecule has 1 fully saturated rings. The standard InChI is InChI=1S/C13H17N3/c1-13(2,9-3-4-9)16-8-15-11-7-10(14)5-6-12(11)16/h5-9H,3-4,14H2,1-2H3. The Morgan fingerprint density at radius 3 is 2.81 bits per heavy atom. The Labute approximate surface area is 95.3 Å². The number of nitrogens with zero attached hydrogens (tertiary/aromatic N) is 2. The van der Waals surface area contributed by atoms with E-state index in [1.54, 1.807) is 0 Å². The first kappa shape index (κ1) is 9.70. The zero-order chi connectivity index (χ0) is 11.3. The number of benzene rings is 1. The summed E-state index contributed by atoms with van der Waals surface area (Å²) in [6.45, 7) is 4.59. The van der Waals surface area contributed by atoms with Gasteiger partial charge in [0.2, 0.25) is 0 Å². The molecule has 1 aromatic carbocycles. The van der Waals surface area contributed by atoms with Gasteiger partial charge in [0, 0.05) is 11.2 Å². The topological polar surface area (TPSA) is 43.8 Å². The van der Waals surface area contributed by atoms with Gasteiger partial charge in [0.05, 0.1) is 17.4 Å². The predicted octanol–water partition coefficient (Wildman–Crippen LogP) is 2.76. The molecule has 2 N–H and O–H groups in total. The van der Waals surface area contributed by atoms with E-state index in [1.165, 1.54) is 18.4 Å². The molecule has 3 nitrogen and oxygen atoms in total. The fraction of sp³-hybridized carbons (Fsp3) is 0.462. The summed E-state index contributed by atoms with van der Waals surface area (Å²) in [4.78, 5) is 4.44. The van der Waals surface area contributed by atoms with E-state index in [1.807, 2.05) is 18.5 Å². The van der Waals surface area contributed by atoms with E-state index < -0.39 is 0 Å². The Morgan fingerprint density at radius 2 is 2.12 bits per heavy atom. The molecule has 1 aliphatic rings. The molecule has 0 atom stereocenters. The van der Waals surface area contributed by atoms with Crippen molar-refractivity contribution in [2.24, 2.45) is 5.92 Å². The van der Waals surface area contributed by atoms with Gasteiger partial charge in [0.15, 0.2) is 0 Å². The molecule has 0 spiro atoms. The highest BCUT2D eigenvalue weighted by Gasteiger charge is 2.39. The van der Waals surface area contributed by atoms with Gasteiger partial charge in [0.1, 0.15) is 0 Å². The summed E-state index contributed by atoms with van der Waals surface area (Å²) in [5, 5.41) is 0. The molecule has 0 amide bonds. The second-order valence-electron chi connectivity index (χ2n) is 5.29. The van der Waals surface area contributed by atoms with E-state index in [9.17, 15) is 0 Å². The normalized spacial score (nSPS) is 16.9.